The van der Waals surface area contributed by atoms with Crippen molar-refractivity contribution >= 4 is 5.97 Å². The average molecular weight is 214 g/mol. The van der Waals surface area contributed by atoms with Crippen molar-refractivity contribution in [2.75, 3.05) is 6.61 Å². The number of halogens is 1. The number of para-hydroxylation sites is 1. The highest BCUT2D eigenvalue weighted by atomic mass is 19.1. The van der Waals surface area contributed by atoms with E-state index in [-0.39, 0.29) is 17.9 Å². The van der Waals surface area contributed by atoms with Crippen LogP contribution in [0.3, 0.4) is 0 Å². The quantitative estimate of drug-likeness (QED) is 0.792. The maximum atomic E-state index is 13.2. The molecular formula is C10H11FO4. The lowest BCUT2D eigenvalue weighted by Crippen LogP contribution is -2.15. The summed E-state index contributed by atoms with van der Waals surface area (Å²) in [6.07, 6.45) is -0.786. The molecule has 0 aromatic heterocycles. The van der Waals surface area contributed by atoms with Gasteiger partial charge in [0.05, 0.1) is 6.10 Å². The maximum absolute atomic E-state index is 13.2. The third-order valence-corrected chi connectivity index (χ3v) is 1.67. The van der Waals surface area contributed by atoms with Crippen molar-refractivity contribution in [3.05, 3.63) is 29.6 Å². The van der Waals surface area contributed by atoms with Gasteiger partial charge in [-0.2, -0.15) is 0 Å². The van der Waals surface area contributed by atoms with Crippen molar-refractivity contribution in [1.29, 1.82) is 0 Å². The Morgan fingerprint density at radius 1 is 1.60 bits per heavy atom. The molecular weight excluding hydrogens is 203 g/mol. The minimum absolute atomic E-state index is 0.152. The van der Waals surface area contributed by atoms with Gasteiger partial charge < -0.3 is 14.9 Å². The summed E-state index contributed by atoms with van der Waals surface area (Å²) in [6.45, 7) is 1.31. The summed E-state index contributed by atoms with van der Waals surface area (Å²) in [4.78, 5) is 10.7. The lowest BCUT2D eigenvalue weighted by Gasteiger charge is -2.11. The van der Waals surface area contributed by atoms with Gasteiger partial charge in [-0.05, 0) is 19.1 Å². The van der Waals surface area contributed by atoms with E-state index in [0.29, 0.717) is 0 Å². The molecule has 0 amide bonds. The van der Waals surface area contributed by atoms with Gasteiger partial charge in [0, 0.05) is 0 Å². The molecule has 0 spiro atoms. The molecule has 1 atom stereocenters. The Balaban J connectivity index is 2.97. The number of hydrogen-bond donors (Lipinski definition) is 2. The fraction of sp³-hybridized carbons (Fsp3) is 0.300. The molecule has 15 heavy (non-hydrogen) atoms. The molecule has 1 rings (SSSR count). The highest BCUT2D eigenvalue weighted by Gasteiger charge is 2.15. The summed E-state index contributed by atoms with van der Waals surface area (Å²) in [5.74, 6) is -2.36. The van der Waals surface area contributed by atoms with Crippen LogP contribution in [-0.4, -0.2) is 28.9 Å². The zero-order chi connectivity index (χ0) is 11.4. The molecule has 0 radical (unpaired) electrons. The second-order valence-electron chi connectivity index (χ2n) is 3.08. The molecule has 2 N–H and O–H groups in total. The van der Waals surface area contributed by atoms with Gasteiger partial charge in [-0.3, -0.25) is 0 Å². The second kappa shape index (κ2) is 4.75. The molecule has 4 nitrogen and oxygen atoms in total. The number of benzene rings is 1. The first-order chi connectivity index (χ1) is 7.02. The van der Waals surface area contributed by atoms with Crippen molar-refractivity contribution in [2.45, 2.75) is 13.0 Å². The van der Waals surface area contributed by atoms with E-state index in [0.717, 1.165) is 6.07 Å². The van der Waals surface area contributed by atoms with Crippen LogP contribution in [-0.2, 0) is 0 Å². The molecule has 0 aliphatic heterocycles. The summed E-state index contributed by atoms with van der Waals surface area (Å²) in [5, 5.41) is 17.7. The Morgan fingerprint density at radius 2 is 2.27 bits per heavy atom. The van der Waals surface area contributed by atoms with Crippen molar-refractivity contribution < 1.29 is 24.1 Å². The zero-order valence-corrected chi connectivity index (χ0v) is 8.11. The van der Waals surface area contributed by atoms with Crippen LogP contribution < -0.4 is 4.74 Å². The first-order valence-corrected chi connectivity index (χ1v) is 4.35. The van der Waals surface area contributed by atoms with E-state index in [1.165, 1.54) is 19.1 Å². The zero-order valence-electron chi connectivity index (χ0n) is 8.11. The van der Waals surface area contributed by atoms with Gasteiger partial charge in [-0.1, -0.05) is 6.07 Å². The SMILES string of the molecule is CC(O)COc1c(F)cccc1C(=O)O. The molecule has 0 aliphatic rings. The largest absolute Gasteiger partial charge is 0.487 e. The van der Waals surface area contributed by atoms with Crippen LogP contribution in [0.4, 0.5) is 4.39 Å². The molecule has 0 heterocycles. The van der Waals surface area contributed by atoms with Crippen LogP contribution in [0.1, 0.15) is 17.3 Å². The Morgan fingerprint density at radius 3 is 2.80 bits per heavy atom. The number of carboxylic acids is 1. The minimum Gasteiger partial charge on any atom is -0.487 e. The smallest absolute Gasteiger partial charge is 0.339 e. The molecule has 0 aliphatic carbocycles. The van der Waals surface area contributed by atoms with E-state index >= 15 is 0 Å². The normalized spacial score (nSPS) is 12.2. The van der Waals surface area contributed by atoms with Crippen LogP contribution in [0.5, 0.6) is 5.75 Å². The van der Waals surface area contributed by atoms with E-state index in [2.05, 4.69) is 0 Å². The molecule has 0 saturated heterocycles. The number of carboxylic acid groups (broad SMARTS) is 1. The number of carbonyl (C=O) groups is 1. The molecule has 82 valence electrons. The first kappa shape index (κ1) is 11.5. The summed E-state index contributed by atoms with van der Waals surface area (Å²) < 4.78 is 18.1. The molecule has 5 heteroatoms. The first-order valence-electron chi connectivity index (χ1n) is 4.35. The van der Waals surface area contributed by atoms with Gasteiger partial charge in [0.25, 0.3) is 0 Å². The van der Waals surface area contributed by atoms with Crippen molar-refractivity contribution in [2.24, 2.45) is 0 Å². The second-order valence-corrected chi connectivity index (χ2v) is 3.08. The van der Waals surface area contributed by atoms with E-state index in [1.54, 1.807) is 0 Å². The molecule has 1 aromatic rings. The topological polar surface area (TPSA) is 66.8 Å². The molecule has 1 unspecified atom stereocenters. The van der Waals surface area contributed by atoms with Crippen molar-refractivity contribution in [1.82, 2.24) is 0 Å². The van der Waals surface area contributed by atoms with Gasteiger partial charge in [0.15, 0.2) is 11.6 Å². The van der Waals surface area contributed by atoms with E-state index in [1.807, 2.05) is 0 Å². The van der Waals surface area contributed by atoms with Crippen LogP contribution in [0.2, 0.25) is 0 Å². The highest BCUT2D eigenvalue weighted by Crippen LogP contribution is 2.22. The summed E-state index contributed by atoms with van der Waals surface area (Å²) in [7, 11) is 0. The van der Waals surface area contributed by atoms with Crippen LogP contribution >= 0.6 is 0 Å². The minimum atomic E-state index is -1.27. The van der Waals surface area contributed by atoms with Gasteiger partial charge in [-0.25, -0.2) is 9.18 Å². The Labute approximate surface area is 85.9 Å². The van der Waals surface area contributed by atoms with Gasteiger partial charge in [0.1, 0.15) is 12.2 Å². The van der Waals surface area contributed by atoms with E-state index < -0.39 is 17.9 Å². The fourth-order valence-electron chi connectivity index (χ4n) is 1.03. The van der Waals surface area contributed by atoms with Gasteiger partial charge >= 0.3 is 5.97 Å². The van der Waals surface area contributed by atoms with Crippen molar-refractivity contribution in [3.8, 4) is 5.75 Å². The van der Waals surface area contributed by atoms with Crippen molar-refractivity contribution in [3.63, 3.8) is 0 Å². The molecule has 0 bridgehead atoms. The average Bonchev–Trinajstić information content (AvgIpc) is 2.15. The lowest BCUT2D eigenvalue weighted by atomic mass is 10.2. The number of aromatic carboxylic acids is 1. The molecule has 0 saturated carbocycles. The monoisotopic (exact) mass is 214 g/mol. The number of rotatable bonds is 4. The van der Waals surface area contributed by atoms with E-state index in [9.17, 15) is 9.18 Å². The Hall–Kier alpha value is -1.62. The third kappa shape index (κ3) is 2.92. The number of aliphatic hydroxyl groups is 1. The van der Waals surface area contributed by atoms with Gasteiger partial charge in [-0.15, -0.1) is 0 Å². The molecule has 1 aromatic carbocycles. The predicted octanol–water partition coefficient (Wildman–Crippen LogP) is 1.28. The van der Waals surface area contributed by atoms with Crippen LogP contribution in [0.15, 0.2) is 18.2 Å². The maximum Gasteiger partial charge on any atom is 0.339 e. The number of ether oxygens (including phenoxy) is 1. The number of hydrogen-bond acceptors (Lipinski definition) is 3. The molecule has 0 fully saturated rings. The summed E-state index contributed by atoms with van der Waals surface area (Å²) in [6, 6.07) is 3.63. The lowest BCUT2D eigenvalue weighted by molar-refractivity contribution is 0.0683. The highest BCUT2D eigenvalue weighted by molar-refractivity contribution is 5.90. The standard InChI is InChI=1S/C10H11FO4/c1-6(12)5-15-9-7(10(13)14)3-2-4-8(9)11/h2-4,6,12H,5H2,1H3,(H,13,14). The van der Waals surface area contributed by atoms with Crippen LogP contribution in [0.25, 0.3) is 0 Å². The Bertz CT molecular complexity index is 362. The summed E-state index contributed by atoms with van der Waals surface area (Å²) >= 11 is 0. The van der Waals surface area contributed by atoms with Gasteiger partial charge in [0.2, 0.25) is 0 Å². The summed E-state index contributed by atoms with van der Waals surface area (Å²) in [5.41, 5.74) is -0.254. The fourth-order valence-corrected chi connectivity index (χ4v) is 1.03. The third-order valence-electron chi connectivity index (χ3n) is 1.67. The van der Waals surface area contributed by atoms with E-state index in [4.69, 9.17) is 14.9 Å². The predicted molar refractivity (Wildman–Crippen MR) is 50.5 cm³/mol. The Kier molecular flexibility index (Phi) is 3.62. The number of aliphatic hydroxyl groups excluding tert-OH is 1. The van der Waals surface area contributed by atoms with Crippen LogP contribution in [0, 0.1) is 5.82 Å².